The number of aliphatic imine (C=N–C) groups is 1. The summed E-state index contributed by atoms with van der Waals surface area (Å²) in [6.45, 7) is 0. The van der Waals surface area contributed by atoms with E-state index in [0.717, 1.165) is 21.0 Å². The summed E-state index contributed by atoms with van der Waals surface area (Å²) in [5.41, 5.74) is 2.59. The lowest BCUT2D eigenvalue weighted by molar-refractivity contribution is -0.113. The second-order valence-electron chi connectivity index (χ2n) is 3.80. The molecule has 0 fully saturated rings. The Labute approximate surface area is 118 Å². The Kier molecular flexibility index (Phi) is 3.35. The number of aromatic nitrogens is 2. The lowest BCUT2D eigenvalue weighted by atomic mass is 10.2. The van der Waals surface area contributed by atoms with Gasteiger partial charge in [-0.15, -0.1) is 11.8 Å². The fourth-order valence-electron chi connectivity index (χ4n) is 1.70. The largest absolute Gasteiger partial charge is 0.285 e. The van der Waals surface area contributed by atoms with Crippen molar-refractivity contribution < 1.29 is 4.79 Å². The summed E-state index contributed by atoms with van der Waals surface area (Å²) in [5, 5.41) is 0. The molecule has 0 saturated heterocycles. The van der Waals surface area contributed by atoms with Crippen molar-refractivity contribution in [3.63, 3.8) is 0 Å². The van der Waals surface area contributed by atoms with Crippen LogP contribution in [0.3, 0.4) is 0 Å². The van der Waals surface area contributed by atoms with Gasteiger partial charge in [0.05, 0.1) is 15.9 Å². The van der Waals surface area contributed by atoms with Crippen LogP contribution in [0.1, 0.15) is 5.56 Å². The van der Waals surface area contributed by atoms with E-state index in [1.807, 2.05) is 30.5 Å². The van der Waals surface area contributed by atoms with Crippen molar-refractivity contribution in [3.05, 3.63) is 41.1 Å². The van der Waals surface area contributed by atoms with Crippen molar-refractivity contribution in [2.75, 3.05) is 6.26 Å². The Balaban J connectivity index is 1.96. The van der Waals surface area contributed by atoms with Crippen LogP contribution in [0.15, 0.2) is 40.5 Å². The van der Waals surface area contributed by atoms with Gasteiger partial charge < -0.3 is 0 Å². The first-order valence-corrected chi connectivity index (χ1v) is 7.58. The van der Waals surface area contributed by atoms with Gasteiger partial charge in [-0.25, -0.2) is 0 Å². The highest BCUT2D eigenvalue weighted by Gasteiger charge is 2.20. The van der Waals surface area contributed by atoms with Gasteiger partial charge in [0.25, 0.3) is 5.91 Å². The maximum Gasteiger partial charge on any atom is 0.285 e. The summed E-state index contributed by atoms with van der Waals surface area (Å²) in [7, 11) is 0. The zero-order valence-corrected chi connectivity index (χ0v) is 11.7. The smallest absolute Gasteiger partial charge is 0.266 e. The molecule has 0 spiro atoms. The fraction of sp³-hybridized carbons (Fsp3) is 0.0769. The molecule has 2 heterocycles. The molecule has 1 aromatic carbocycles. The van der Waals surface area contributed by atoms with E-state index in [2.05, 4.69) is 15.0 Å². The predicted molar refractivity (Wildman–Crippen MR) is 81.1 cm³/mol. The van der Waals surface area contributed by atoms with Crippen molar-refractivity contribution in [3.8, 4) is 0 Å². The van der Waals surface area contributed by atoms with Crippen LogP contribution in [0.5, 0.6) is 0 Å². The molecule has 1 aliphatic rings. The minimum atomic E-state index is -0.173. The maximum atomic E-state index is 11.7. The molecule has 94 valence electrons. The molecule has 0 unspecified atom stereocenters. The summed E-state index contributed by atoms with van der Waals surface area (Å²) in [4.78, 5) is 24.8. The molecule has 1 aliphatic heterocycles. The molecule has 0 bridgehead atoms. The van der Waals surface area contributed by atoms with Crippen molar-refractivity contribution in [2.24, 2.45) is 4.99 Å². The van der Waals surface area contributed by atoms with Gasteiger partial charge in [0.15, 0.2) is 0 Å². The van der Waals surface area contributed by atoms with E-state index in [1.54, 1.807) is 12.4 Å². The normalized spacial score (nSPS) is 17.2. The van der Waals surface area contributed by atoms with Crippen molar-refractivity contribution >= 4 is 50.9 Å². The van der Waals surface area contributed by atoms with E-state index in [4.69, 9.17) is 0 Å². The highest BCUT2D eigenvalue weighted by atomic mass is 32.2. The first-order chi connectivity index (χ1) is 9.26. The third-order valence-electron chi connectivity index (χ3n) is 2.57. The Morgan fingerprint density at radius 2 is 2.00 bits per heavy atom. The molecule has 0 radical (unpaired) electrons. The van der Waals surface area contributed by atoms with Gasteiger partial charge >= 0.3 is 0 Å². The molecule has 0 saturated carbocycles. The van der Waals surface area contributed by atoms with Crippen molar-refractivity contribution in [2.45, 2.75) is 0 Å². The highest BCUT2D eigenvalue weighted by Crippen LogP contribution is 2.32. The molecule has 1 aromatic heterocycles. The first kappa shape index (κ1) is 12.4. The van der Waals surface area contributed by atoms with Crippen LogP contribution in [0.25, 0.3) is 17.1 Å². The highest BCUT2D eigenvalue weighted by molar-refractivity contribution is 8.40. The monoisotopic (exact) mass is 287 g/mol. The standard InChI is InChI=1S/C13H9N3OS2/c1-18-13-16-12(17)11(19-13)7-8-2-3-9-10(6-8)15-5-4-14-9/h2-7H,1H3/b11-7-. The van der Waals surface area contributed by atoms with E-state index in [1.165, 1.54) is 23.5 Å². The average Bonchev–Trinajstić information content (AvgIpc) is 2.79. The number of thioether (sulfide) groups is 2. The molecule has 0 aliphatic carbocycles. The number of carbonyl (C=O) groups is 1. The fourth-order valence-corrected chi connectivity index (χ4v) is 3.12. The number of carbonyl (C=O) groups excluding carboxylic acids is 1. The molecule has 2 aromatic rings. The number of benzene rings is 1. The van der Waals surface area contributed by atoms with Crippen LogP contribution < -0.4 is 0 Å². The number of nitrogens with zero attached hydrogens (tertiary/aromatic N) is 3. The Morgan fingerprint density at radius 1 is 1.21 bits per heavy atom. The van der Waals surface area contributed by atoms with Gasteiger partial charge in [-0.1, -0.05) is 17.8 Å². The van der Waals surface area contributed by atoms with Crippen LogP contribution in [0.4, 0.5) is 0 Å². The van der Waals surface area contributed by atoms with Crippen LogP contribution >= 0.6 is 23.5 Å². The molecule has 6 heteroatoms. The van der Waals surface area contributed by atoms with Gasteiger partial charge in [0, 0.05) is 12.4 Å². The first-order valence-electron chi connectivity index (χ1n) is 5.53. The van der Waals surface area contributed by atoms with Crippen LogP contribution in [-0.4, -0.2) is 26.5 Å². The Hall–Kier alpha value is -1.66. The summed E-state index contributed by atoms with van der Waals surface area (Å²) in [6, 6.07) is 5.74. The molecule has 19 heavy (non-hydrogen) atoms. The number of rotatable bonds is 1. The lowest BCUT2D eigenvalue weighted by Gasteiger charge is -1.99. The molecule has 0 N–H and O–H groups in total. The Morgan fingerprint density at radius 3 is 2.74 bits per heavy atom. The second kappa shape index (κ2) is 5.14. The third kappa shape index (κ3) is 2.54. The summed E-state index contributed by atoms with van der Waals surface area (Å²) >= 11 is 2.89. The Bertz CT molecular complexity index is 725. The number of hydrogen-bond acceptors (Lipinski definition) is 5. The summed E-state index contributed by atoms with van der Waals surface area (Å²) < 4.78 is 0.789. The molecule has 1 amide bonds. The van der Waals surface area contributed by atoms with E-state index >= 15 is 0 Å². The van der Waals surface area contributed by atoms with E-state index in [0.29, 0.717) is 4.91 Å². The zero-order valence-electron chi connectivity index (χ0n) is 10.0. The zero-order chi connectivity index (χ0) is 13.2. The van der Waals surface area contributed by atoms with Crippen molar-refractivity contribution in [1.82, 2.24) is 9.97 Å². The number of fused-ring (bicyclic) bond motifs is 1. The lowest BCUT2D eigenvalue weighted by Crippen LogP contribution is -1.88. The second-order valence-corrected chi connectivity index (χ2v) is 5.89. The minimum absolute atomic E-state index is 0.173. The molecule has 3 rings (SSSR count). The molecule has 4 nitrogen and oxygen atoms in total. The predicted octanol–water partition coefficient (Wildman–Crippen LogP) is 2.96. The maximum absolute atomic E-state index is 11.7. The van der Waals surface area contributed by atoms with Gasteiger partial charge in [0.1, 0.15) is 4.38 Å². The van der Waals surface area contributed by atoms with Gasteiger partial charge in [-0.2, -0.15) is 4.99 Å². The SMILES string of the molecule is CSC1=NC(=O)/C(=C/c2ccc3nccnc3c2)S1. The van der Waals surface area contributed by atoms with Crippen LogP contribution in [0, 0.1) is 0 Å². The molecular formula is C13H9N3OS2. The quantitative estimate of drug-likeness (QED) is 0.755. The van der Waals surface area contributed by atoms with E-state index in [-0.39, 0.29) is 5.91 Å². The van der Waals surface area contributed by atoms with E-state index in [9.17, 15) is 4.79 Å². The molecule has 0 atom stereocenters. The average molecular weight is 287 g/mol. The summed E-state index contributed by atoms with van der Waals surface area (Å²) in [5.74, 6) is -0.173. The molecular weight excluding hydrogens is 278 g/mol. The van der Waals surface area contributed by atoms with Gasteiger partial charge in [-0.3, -0.25) is 14.8 Å². The van der Waals surface area contributed by atoms with Gasteiger partial charge in [-0.05, 0) is 30.0 Å². The minimum Gasteiger partial charge on any atom is -0.266 e. The number of amides is 1. The van der Waals surface area contributed by atoms with Gasteiger partial charge in [0.2, 0.25) is 0 Å². The topological polar surface area (TPSA) is 55.2 Å². The summed E-state index contributed by atoms with van der Waals surface area (Å²) in [6.07, 6.45) is 7.07. The number of hydrogen-bond donors (Lipinski definition) is 0. The van der Waals surface area contributed by atoms with Crippen LogP contribution in [0.2, 0.25) is 0 Å². The van der Waals surface area contributed by atoms with Crippen LogP contribution in [-0.2, 0) is 4.79 Å². The van der Waals surface area contributed by atoms with Crippen molar-refractivity contribution in [1.29, 1.82) is 0 Å². The van der Waals surface area contributed by atoms with E-state index < -0.39 is 0 Å². The third-order valence-corrected chi connectivity index (χ3v) is 4.54.